The summed E-state index contributed by atoms with van der Waals surface area (Å²) in [5, 5.41) is 19.7. The molecular formula is C23H15Br2N3O2. The predicted octanol–water partition coefficient (Wildman–Crippen LogP) is 6.05. The standard InChI is InChI=1S/C23H15Br2N3O2/c1-2-30-23(29)21-18(12-27)22(28)17(11-26)19(13-3-7-15(24)8-4-13)20(21)14-5-9-16(25)10-6-14/h3-10H,2,28H2,1H3. The Labute approximate surface area is 191 Å². The molecule has 0 amide bonds. The van der Waals surface area contributed by atoms with Gasteiger partial charge < -0.3 is 10.5 Å². The number of nitrogen functional groups attached to an aromatic ring is 1. The molecule has 148 valence electrons. The van der Waals surface area contributed by atoms with Crippen molar-refractivity contribution in [3.63, 3.8) is 0 Å². The third-order valence-corrected chi connectivity index (χ3v) is 5.56. The maximum atomic E-state index is 12.9. The highest BCUT2D eigenvalue weighted by Gasteiger charge is 2.29. The molecule has 0 aromatic heterocycles. The molecule has 0 saturated carbocycles. The number of hydrogen-bond acceptors (Lipinski definition) is 5. The van der Waals surface area contributed by atoms with Gasteiger partial charge in [-0.05, 0) is 42.3 Å². The van der Waals surface area contributed by atoms with E-state index in [2.05, 4.69) is 37.9 Å². The second kappa shape index (κ2) is 9.13. The van der Waals surface area contributed by atoms with Crippen molar-refractivity contribution in [3.8, 4) is 34.4 Å². The van der Waals surface area contributed by atoms with Gasteiger partial charge in [-0.3, -0.25) is 0 Å². The van der Waals surface area contributed by atoms with Crippen molar-refractivity contribution < 1.29 is 9.53 Å². The quantitative estimate of drug-likeness (QED) is 0.331. The van der Waals surface area contributed by atoms with Crippen LogP contribution in [0.2, 0.25) is 0 Å². The molecule has 0 radical (unpaired) electrons. The van der Waals surface area contributed by atoms with Gasteiger partial charge in [-0.15, -0.1) is 0 Å². The Bertz CT molecular complexity index is 1210. The maximum Gasteiger partial charge on any atom is 0.340 e. The Hall–Kier alpha value is -3.13. The Morgan fingerprint density at radius 1 is 0.900 bits per heavy atom. The van der Waals surface area contributed by atoms with Crippen molar-refractivity contribution >= 4 is 43.5 Å². The number of halogens is 2. The molecule has 0 aliphatic rings. The zero-order chi connectivity index (χ0) is 21.8. The van der Waals surface area contributed by atoms with Crippen molar-refractivity contribution in [2.45, 2.75) is 6.92 Å². The third kappa shape index (κ3) is 3.95. The summed E-state index contributed by atoms with van der Waals surface area (Å²) < 4.78 is 6.97. The van der Waals surface area contributed by atoms with E-state index >= 15 is 0 Å². The molecule has 3 aromatic rings. The molecule has 0 heterocycles. The predicted molar refractivity (Wildman–Crippen MR) is 123 cm³/mol. The highest BCUT2D eigenvalue weighted by atomic mass is 79.9. The largest absolute Gasteiger partial charge is 0.462 e. The molecule has 0 fully saturated rings. The molecule has 7 heteroatoms. The average molecular weight is 525 g/mol. The number of nitriles is 2. The lowest BCUT2D eigenvalue weighted by Gasteiger charge is -2.20. The first kappa shape index (κ1) is 21.6. The van der Waals surface area contributed by atoms with Crippen LogP contribution in [-0.4, -0.2) is 12.6 Å². The molecule has 0 aliphatic heterocycles. The molecule has 3 aromatic carbocycles. The fourth-order valence-corrected chi connectivity index (χ4v) is 3.75. The number of nitrogens with zero attached hydrogens (tertiary/aromatic N) is 2. The van der Waals surface area contributed by atoms with Gasteiger partial charge in [0.2, 0.25) is 0 Å². The average Bonchev–Trinajstić information content (AvgIpc) is 2.74. The number of ether oxygens (including phenoxy) is 1. The zero-order valence-corrected chi connectivity index (χ0v) is 19.0. The Kier molecular flexibility index (Phi) is 6.56. The maximum absolute atomic E-state index is 12.9. The monoisotopic (exact) mass is 523 g/mol. The number of carbonyl (C=O) groups is 1. The summed E-state index contributed by atoms with van der Waals surface area (Å²) >= 11 is 6.82. The van der Waals surface area contributed by atoms with E-state index in [9.17, 15) is 15.3 Å². The van der Waals surface area contributed by atoms with E-state index in [1.54, 1.807) is 6.92 Å². The van der Waals surface area contributed by atoms with Crippen molar-refractivity contribution in [1.82, 2.24) is 0 Å². The number of benzene rings is 3. The first-order valence-electron chi connectivity index (χ1n) is 8.91. The summed E-state index contributed by atoms with van der Waals surface area (Å²) in [7, 11) is 0. The minimum Gasteiger partial charge on any atom is -0.462 e. The van der Waals surface area contributed by atoms with E-state index < -0.39 is 5.97 Å². The zero-order valence-electron chi connectivity index (χ0n) is 15.9. The molecule has 5 nitrogen and oxygen atoms in total. The van der Waals surface area contributed by atoms with Crippen LogP contribution in [0.1, 0.15) is 28.4 Å². The second-order valence-electron chi connectivity index (χ2n) is 6.25. The summed E-state index contributed by atoms with van der Waals surface area (Å²) in [4.78, 5) is 12.9. The molecule has 3 rings (SSSR count). The summed E-state index contributed by atoms with van der Waals surface area (Å²) in [5.74, 6) is -0.665. The van der Waals surface area contributed by atoms with Crippen LogP contribution in [0.3, 0.4) is 0 Å². The lowest BCUT2D eigenvalue weighted by Crippen LogP contribution is -2.13. The lowest BCUT2D eigenvalue weighted by molar-refractivity contribution is 0.0527. The highest BCUT2D eigenvalue weighted by Crippen LogP contribution is 2.43. The van der Waals surface area contributed by atoms with Gasteiger partial charge in [0.15, 0.2) is 0 Å². The number of rotatable bonds is 4. The lowest BCUT2D eigenvalue weighted by atomic mass is 9.83. The van der Waals surface area contributed by atoms with Crippen LogP contribution in [0.15, 0.2) is 57.5 Å². The molecule has 0 saturated heterocycles. The van der Waals surface area contributed by atoms with Gasteiger partial charge in [0.05, 0.1) is 29.0 Å². The minimum absolute atomic E-state index is 0.0400. The van der Waals surface area contributed by atoms with Gasteiger partial charge in [-0.1, -0.05) is 56.1 Å². The fourth-order valence-electron chi connectivity index (χ4n) is 3.22. The first-order valence-corrected chi connectivity index (χ1v) is 10.5. The van der Waals surface area contributed by atoms with Crippen LogP contribution in [0, 0.1) is 22.7 Å². The number of hydrogen-bond donors (Lipinski definition) is 1. The third-order valence-electron chi connectivity index (χ3n) is 4.51. The van der Waals surface area contributed by atoms with Gasteiger partial charge in [-0.2, -0.15) is 10.5 Å². The fraction of sp³-hybridized carbons (Fsp3) is 0.0870. The van der Waals surface area contributed by atoms with E-state index in [0.717, 1.165) is 8.95 Å². The van der Waals surface area contributed by atoms with Crippen LogP contribution in [0.25, 0.3) is 22.3 Å². The van der Waals surface area contributed by atoms with Crippen molar-refractivity contribution in [2.75, 3.05) is 12.3 Å². The molecule has 30 heavy (non-hydrogen) atoms. The molecule has 2 N–H and O–H groups in total. The molecular weight excluding hydrogens is 510 g/mol. The van der Waals surface area contributed by atoms with Crippen LogP contribution in [0.4, 0.5) is 5.69 Å². The van der Waals surface area contributed by atoms with Crippen LogP contribution >= 0.6 is 31.9 Å². The van der Waals surface area contributed by atoms with Gasteiger partial charge >= 0.3 is 5.97 Å². The molecule has 0 spiro atoms. The number of anilines is 1. The minimum atomic E-state index is -0.665. The second-order valence-corrected chi connectivity index (χ2v) is 8.08. The normalized spacial score (nSPS) is 10.2. The Balaban J connectivity index is 2.55. The van der Waals surface area contributed by atoms with Gasteiger partial charge in [0.1, 0.15) is 12.1 Å². The van der Waals surface area contributed by atoms with E-state index in [0.29, 0.717) is 22.3 Å². The van der Waals surface area contributed by atoms with E-state index in [-0.39, 0.29) is 29.0 Å². The van der Waals surface area contributed by atoms with Crippen molar-refractivity contribution in [3.05, 3.63) is 74.2 Å². The van der Waals surface area contributed by atoms with Gasteiger partial charge in [0.25, 0.3) is 0 Å². The topological polar surface area (TPSA) is 99.9 Å². The number of esters is 1. The van der Waals surface area contributed by atoms with E-state index in [1.165, 1.54) is 0 Å². The van der Waals surface area contributed by atoms with E-state index in [1.807, 2.05) is 54.6 Å². The van der Waals surface area contributed by atoms with Crippen molar-refractivity contribution in [2.24, 2.45) is 0 Å². The highest BCUT2D eigenvalue weighted by molar-refractivity contribution is 9.10. The van der Waals surface area contributed by atoms with Crippen LogP contribution in [0.5, 0.6) is 0 Å². The summed E-state index contributed by atoms with van der Waals surface area (Å²) in [6.45, 7) is 1.82. The summed E-state index contributed by atoms with van der Waals surface area (Å²) in [5.41, 5.74) is 8.56. The molecule has 0 atom stereocenters. The molecule has 0 bridgehead atoms. The number of nitrogens with two attached hydrogens (primary N) is 1. The SMILES string of the molecule is CCOC(=O)c1c(C#N)c(N)c(C#N)c(-c2ccc(Br)cc2)c1-c1ccc(Br)cc1. The summed E-state index contributed by atoms with van der Waals surface area (Å²) in [6, 6.07) is 18.7. The summed E-state index contributed by atoms with van der Waals surface area (Å²) in [6.07, 6.45) is 0. The smallest absolute Gasteiger partial charge is 0.340 e. The Morgan fingerprint density at radius 2 is 1.37 bits per heavy atom. The first-order chi connectivity index (χ1) is 14.4. The van der Waals surface area contributed by atoms with Gasteiger partial charge in [-0.25, -0.2) is 4.79 Å². The van der Waals surface area contributed by atoms with Gasteiger partial charge in [0, 0.05) is 20.1 Å². The van der Waals surface area contributed by atoms with E-state index in [4.69, 9.17) is 10.5 Å². The van der Waals surface area contributed by atoms with Crippen LogP contribution < -0.4 is 5.73 Å². The number of carbonyl (C=O) groups excluding carboxylic acids is 1. The van der Waals surface area contributed by atoms with Crippen LogP contribution in [-0.2, 0) is 4.74 Å². The van der Waals surface area contributed by atoms with Crippen molar-refractivity contribution in [1.29, 1.82) is 10.5 Å². The molecule has 0 aliphatic carbocycles. The Morgan fingerprint density at radius 3 is 1.80 bits per heavy atom. The molecule has 0 unspecified atom stereocenters.